The Morgan fingerprint density at radius 1 is 1.40 bits per heavy atom. The van der Waals surface area contributed by atoms with Crippen molar-refractivity contribution < 1.29 is 9.53 Å². The third-order valence-corrected chi connectivity index (χ3v) is 5.37. The second kappa shape index (κ2) is 8.45. The van der Waals surface area contributed by atoms with Crippen LogP contribution in [0.1, 0.15) is 19.0 Å². The summed E-state index contributed by atoms with van der Waals surface area (Å²) in [6.07, 6.45) is 1.47. The molecule has 0 bridgehead atoms. The molecule has 134 valence electrons. The summed E-state index contributed by atoms with van der Waals surface area (Å²) in [5, 5.41) is 6.13. The molecule has 1 unspecified atom stereocenters. The molecule has 2 heterocycles. The first-order chi connectivity index (χ1) is 12.2. The summed E-state index contributed by atoms with van der Waals surface area (Å²) < 4.78 is 5.47. The number of nitrogens with one attached hydrogen (secondary N) is 1. The molecule has 0 radical (unpaired) electrons. The maximum absolute atomic E-state index is 12.5. The number of aromatic nitrogens is 1. The number of amides is 1. The molecule has 1 aliphatic heterocycles. The van der Waals surface area contributed by atoms with E-state index in [1.165, 1.54) is 0 Å². The molecule has 3 rings (SSSR count). The summed E-state index contributed by atoms with van der Waals surface area (Å²) in [5.41, 5.74) is 1.92. The molecule has 1 atom stereocenters. The van der Waals surface area contributed by atoms with Gasteiger partial charge in [-0.2, -0.15) is 0 Å². The molecule has 1 fully saturated rings. The van der Waals surface area contributed by atoms with E-state index in [0.717, 1.165) is 48.1 Å². The first kappa shape index (κ1) is 17.9. The van der Waals surface area contributed by atoms with Crippen molar-refractivity contribution in [3.8, 4) is 16.3 Å². The van der Waals surface area contributed by atoms with Gasteiger partial charge in [-0.3, -0.25) is 4.79 Å². The molecule has 25 heavy (non-hydrogen) atoms. The molecule has 0 saturated carbocycles. The van der Waals surface area contributed by atoms with Crippen LogP contribution in [0.25, 0.3) is 10.6 Å². The Morgan fingerprint density at radius 2 is 2.20 bits per heavy atom. The van der Waals surface area contributed by atoms with Gasteiger partial charge in [0.05, 0.1) is 18.7 Å². The summed E-state index contributed by atoms with van der Waals surface area (Å²) in [4.78, 5) is 19.1. The van der Waals surface area contributed by atoms with Crippen molar-refractivity contribution in [3.63, 3.8) is 0 Å². The summed E-state index contributed by atoms with van der Waals surface area (Å²) in [5.74, 6) is 1.62. The van der Waals surface area contributed by atoms with E-state index in [9.17, 15) is 4.79 Å². The third kappa shape index (κ3) is 4.58. The summed E-state index contributed by atoms with van der Waals surface area (Å²) >= 11 is 1.58. The van der Waals surface area contributed by atoms with Crippen LogP contribution in [0.5, 0.6) is 5.75 Å². The van der Waals surface area contributed by atoms with Crippen LogP contribution in [-0.2, 0) is 11.2 Å². The molecular formula is C19H25N3O2S. The minimum absolute atomic E-state index is 0.183. The molecule has 1 N–H and O–H groups in total. The number of nitrogens with zero attached hydrogens (tertiary/aromatic N) is 2. The molecule has 2 aromatic rings. The first-order valence-electron chi connectivity index (χ1n) is 8.79. The second-order valence-corrected chi connectivity index (χ2v) is 7.19. The number of rotatable bonds is 7. The molecule has 1 aromatic carbocycles. The van der Waals surface area contributed by atoms with Gasteiger partial charge >= 0.3 is 0 Å². The molecule has 1 aromatic heterocycles. The number of carbonyl (C=O) groups excluding carboxylic acids is 1. The molecule has 0 aliphatic carbocycles. The third-order valence-electron chi connectivity index (χ3n) is 4.43. The summed E-state index contributed by atoms with van der Waals surface area (Å²) in [6, 6.07) is 7.94. The van der Waals surface area contributed by atoms with E-state index in [1.54, 1.807) is 11.3 Å². The van der Waals surface area contributed by atoms with Crippen molar-refractivity contribution in [1.82, 2.24) is 15.2 Å². The number of carbonyl (C=O) groups is 1. The first-order valence-corrected chi connectivity index (χ1v) is 9.67. The maximum atomic E-state index is 12.5. The molecule has 5 nitrogen and oxygen atoms in total. The Kier molecular flexibility index (Phi) is 6.04. The van der Waals surface area contributed by atoms with Gasteiger partial charge in [-0.15, -0.1) is 11.3 Å². The summed E-state index contributed by atoms with van der Waals surface area (Å²) in [7, 11) is 1.96. The zero-order valence-electron chi connectivity index (χ0n) is 14.8. The van der Waals surface area contributed by atoms with Crippen molar-refractivity contribution in [1.29, 1.82) is 0 Å². The number of hydrogen-bond acceptors (Lipinski definition) is 5. The maximum Gasteiger partial charge on any atom is 0.228 e. The van der Waals surface area contributed by atoms with Gasteiger partial charge in [0, 0.05) is 24.0 Å². The lowest BCUT2D eigenvalue weighted by Gasteiger charge is -2.15. The zero-order valence-corrected chi connectivity index (χ0v) is 15.6. The van der Waals surface area contributed by atoms with Gasteiger partial charge in [0.25, 0.3) is 0 Å². The van der Waals surface area contributed by atoms with E-state index in [1.807, 2.05) is 48.5 Å². The van der Waals surface area contributed by atoms with Crippen LogP contribution in [0.15, 0.2) is 29.6 Å². The quantitative estimate of drug-likeness (QED) is 0.826. The lowest BCUT2D eigenvalue weighted by molar-refractivity contribution is -0.129. The van der Waals surface area contributed by atoms with Gasteiger partial charge < -0.3 is 15.0 Å². The van der Waals surface area contributed by atoms with E-state index in [-0.39, 0.29) is 5.91 Å². The van der Waals surface area contributed by atoms with Crippen molar-refractivity contribution in [2.24, 2.45) is 5.92 Å². The molecule has 1 aliphatic rings. The van der Waals surface area contributed by atoms with Gasteiger partial charge in [-0.1, -0.05) is 0 Å². The van der Waals surface area contributed by atoms with E-state index < -0.39 is 0 Å². The molecule has 0 spiro atoms. The highest BCUT2D eigenvalue weighted by Gasteiger charge is 2.26. The Balaban J connectivity index is 1.59. The number of ether oxygens (including phenoxy) is 1. The van der Waals surface area contributed by atoms with Gasteiger partial charge in [-0.05, 0) is 57.1 Å². The van der Waals surface area contributed by atoms with Gasteiger partial charge in [0.1, 0.15) is 10.8 Å². The van der Waals surface area contributed by atoms with Crippen LogP contribution >= 0.6 is 11.3 Å². The molecular weight excluding hydrogens is 334 g/mol. The Bertz CT molecular complexity index is 699. The van der Waals surface area contributed by atoms with Crippen LogP contribution in [0, 0.1) is 5.92 Å². The van der Waals surface area contributed by atoms with Crippen LogP contribution in [0.2, 0.25) is 0 Å². The fourth-order valence-corrected chi connectivity index (χ4v) is 3.99. The average molecular weight is 359 g/mol. The Morgan fingerprint density at radius 3 is 2.92 bits per heavy atom. The van der Waals surface area contributed by atoms with Crippen LogP contribution in [-0.4, -0.2) is 49.1 Å². The Labute approximate surface area is 153 Å². The van der Waals surface area contributed by atoms with Crippen molar-refractivity contribution in [3.05, 3.63) is 35.3 Å². The number of hydrogen-bond donors (Lipinski definition) is 1. The van der Waals surface area contributed by atoms with Crippen LogP contribution < -0.4 is 10.1 Å². The smallest absolute Gasteiger partial charge is 0.228 e. The number of thiazole rings is 1. The van der Waals surface area contributed by atoms with Crippen LogP contribution in [0.4, 0.5) is 0 Å². The lowest BCUT2D eigenvalue weighted by atomic mass is 10.1. The highest BCUT2D eigenvalue weighted by Crippen LogP contribution is 2.26. The van der Waals surface area contributed by atoms with E-state index in [0.29, 0.717) is 18.9 Å². The summed E-state index contributed by atoms with van der Waals surface area (Å²) in [6.45, 7) is 5.33. The molecule has 1 amide bonds. The zero-order chi connectivity index (χ0) is 17.6. The highest BCUT2D eigenvalue weighted by atomic mass is 32.1. The minimum atomic E-state index is 0.183. The number of benzene rings is 1. The normalized spacial score (nSPS) is 17.0. The fraction of sp³-hybridized carbons (Fsp3) is 0.474. The van der Waals surface area contributed by atoms with Crippen LogP contribution in [0.3, 0.4) is 0 Å². The second-order valence-electron chi connectivity index (χ2n) is 6.33. The Hall–Kier alpha value is -1.92. The monoisotopic (exact) mass is 359 g/mol. The largest absolute Gasteiger partial charge is 0.494 e. The SMILES string of the molecule is CCOc1ccc(-c2nc(CC(=O)N3CCC(CNC)C3)cs2)cc1. The molecule has 1 saturated heterocycles. The van der Waals surface area contributed by atoms with Crippen molar-refractivity contribution in [2.75, 3.05) is 33.3 Å². The highest BCUT2D eigenvalue weighted by molar-refractivity contribution is 7.13. The lowest BCUT2D eigenvalue weighted by Crippen LogP contribution is -2.31. The topological polar surface area (TPSA) is 54.5 Å². The fourth-order valence-electron chi connectivity index (χ4n) is 3.16. The van der Waals surface area contributed by atoms with E-state index >= 15 is 0 Å². The van der Waals surface area contributed by atoms with E-state index in [4.69, 9.17) is 4.74 Å². The van der Waals surface area contributed by atoms with Gasteiger partial charge in [-0.25, -0.2) is 4.98 Å². The van der Waals surface area contributed by atoms with Gasteiger partial charge in [0.15, 0.2) is 0 Å². The van der Waals surface area contributed by atoms with Crippen molar-refractivity contribution in [2.45, 2.75) is 19.8 Å². The minimum Gasteiger partial charge on any atom is -0.494 e. The predicted octanol–water partition coefficient (Wildman–Crippen LogP) is 2.82. The van der Waals surface area contributed by atoms with E-state index in [2.05, 4.69) is 10.3 Å². The molecule has 6 heteroatoms. The number of likely N-dealkylation sites (tertiary alicyclic amines) is 1. The van der Waals surface area contributed by atoms with Gasteiger partial charge in [0.2, 0.25) is 5.91 Å². The predicted molar refractivity (Wildman–Crippen MR) is 101 cm³/mol. The average Bonchev–Trinajstić information content (AvgIpc) is 3.26. The standard InChI is InChI=1S/C19H25N3O2S/c1-3-24-17-6-4-15(5-7-17)19-21-16(13-25-19)10-18(23)22-9-8-14(12-22)11-20-2/h4-7,13-14,20H,3,8-12H2,1-2H3. The van der Waals surface area contributed by atoms with Crippen molar-refractivity contribution >= 4 is 17.2 Å².